The molecule has 0 radical (unpaired) electrons. The number of carbonyl (C=O) groups is 2. The molecule has 1 amide bonds. The number of amides is 1. The molecule has 0 fully saturated rings. The van der Waals surface area contributed by atoms with Crippen molar-refractivity contribution in [3.05, 3.63) is 89.2 Å². The van der Waals surface area contributed by atoms with Crippen molar-refractivity contribution in [3.8, 4) is 17.2 Å². The molecule has 34 heavy (non-hydrogen) atoms. The number of carboxylic acids is 1. The molecule has 3 rings (SSSR count). The van der Waals surface area contributed by atoms with Gasteiger partial charge in [-0.1, -0.05) is 19.1 Å². The number of aliphatic carboxylic acids is 1. The highest BCUT2D eigenvalue weighted by Crippen LogP contribution is 2.27. The highest BCUT2D eigenvalue weighted by atomic mass is 19.1. The molecule has 1 atom stereocenters. The lowest BCUT2D eigenvalue weighted by molar-refractivity contribution is -0.151. The minimum Gasteiger partial charge on any atom is -0.496 e. The van der Waals surface area contributed by atoms with Crippen LogP contribution in [0, 0.1) is 5.82 Å². The lowest BCUT2D eigenvalue weighted by Crippen LogP contribution is -2.35. The molecule has 0 saturated heterocycles. The van der Waals surface area contributed by atoms with Gasteiger partial charge in [-0.2, -0.15) is 0 Å². The molecule has 0 heterocycles. The van der Waals surface area contributed by atoms with Crippen molar-refractivity contribution < 1.29 is 33.0 Å². The predicted molar refractivity (Wildman–Crippen MR) is 123 cm³/mol. The molecule has 0 aliphatic heterocycles. The van der Waals surface area contributed by atoms with E-state index < -0.39 is 11.6 Å². The van der Waals surface area contributed by atoms with Crippen LogP contribution in [0.25, 0.3) is 0 Å². The van der Waals surface area contributed by atoms with Crippen LogP contribution in [0.1, 0.15) is 34.8 Å². The Morgan fingerprint density at radius 1 is 1.00 bits per heavy atom. The van der Waals surface area contributed by atoms with Crippen LogP contribution in [0.2, 0.25) is 0 Å². The second kappa shape index (κ2) is 10.8. The third-order valence-electron chi connectivity index (χ3n) is 5.38. The van der Waals surface area contributed by atoms with E-state index in [9.17, 15) is 23.5 Å². The smallest absolute Gasteiger partial charge is 0.341 e. The molecule has 0 spiro atoms. The Morgan fingerprint density at radius 3 is 2.18 bits per heavy atom. The summed E-state index contributed by atoms with van der Waals surface area (Å²) in [5, 5.41) is 12.0. The van der Waals surface area contributed by atoms with Gasteiger partial charge in [0.2, 0.25) is 5.67 Å². The normalized spacial score (nSPS) is 12.5. The first-order valence-corrected chi connectivity index (χ1v) is 10.6. The zero-order valence-corrected chi connectivity index (χ0v) is 18.8. The van der Waals surface area contributed by atoms with Crippen LogP contribution in [0.3, 0.4) is 0 Å². The summed E-state index contributed by atoms with van der Waals surface area (Å²) in [6, 6.07) is 16.9. The van der Waals surface area contributed by atoms with Crippen LogP contribution in [0.15, 0.2) is 66.7 Å². The summed E-state index contributed by atoms with van der Waals surface area (Å²) in [5.74, 6) is -0.774. The van der Waals surface area contributed by atoms with Gasteiger partial charge in [-0.15, -0.1) is 0 Å². The predicted octanol–water partition coefficient (Wildman–Crippen LogP) is 5.30. The monoisotopic (exact) mass is 469 g/mol. The minimum absolute atomic E-state index is 0.0994. The molecule has 0 bridgehead atoms. The molecule has 0 aliphatic rings. The van der Waals surface area contributed by atoms with E-state index >= 15 is 0 Å². The number of alkyl halides is 1. The van der Waals surface area contributed by atoms with E-state index in [1.54, 1.807) is 42.5 Å². The topological polar surface area (TPSA) is 84.9 Å². The summed E-state index contributed by atoms with van der Waals surface area (Å²) in [7, 11) is 1.48. The molecule has 8 heteroatoms. The number of benzene rings is 3. The average molecular weight is 469 g/mol. The summed E-state index contributed by atoms with van der Waals surface area (Å²) in [4.78, 5) is 23.9. The number of methoxy groups -OCH3 is 1. The molecule has 2 N–H and O–H groups in total. The third-order valence-corrected chi connectivity index (χ3v) is 5.38. The highest BCUT2D eigenvalue weighted by Gasteiger charge is 2.36. The quantitative estimate of drug-likeness (QED) is 0.421. The van der Waals surface area contributed by atoms with Crippen molar-refractivity contribution in [3.63, 3.8) is 0 Å². The molecule has 0 aromatic heterocycles. The van der Waals surface area contributed by atoms with Gasteiger partial charge in [0.15, 0.2) is 0 Å². The van der Waals surface area contributed by atoms with Gasteiger partial charge < -0.3 is 19.9 Å². The zero-order valence-electron chi connectivity index (χ0n) is 18.8. The van der Waals surface area contributed by atoms with Gasteiger partial charge in [0.25, 0.3) is 5.91 Å². The van der Waals surface area contributed by atoms with Gasteiger partial charge >= 0.3 is 5.97 Å². The molecule has 0 saturated carbocycles. The van der Waals surface area contributed by atoms with Crippen molar-refractivity contribution in [2.45, 2.75) is 32.0 Å². The maximum atomic E-state index is 14.6. The number of ether oxygens (including phenoxy) is 2. The van der Waals surface area contributed by atoms with Gasteiger partial charge in [-0.3, -0.25) is 4.79 Å². The maximum absolute atomic E-state index is 14.6. The third kappa shape index (κ3) is 6.10. The van der Waals surface area contributed by atoms with E-state index in [1.807, 2.05) is 0 Å². The fourth-order valence-corrected chi connectivity index (χ4v) is 3.35. The van der Waals surface area contributed by atoms with Gasteiger partial charge in [0.1, 0.15) is 23.1 Å². The maximum Gasteiger partial charge on any atom is 0.341 e. The molecule has 3 aromatic rings. The molecular formula is C26H25F2NO5. The van der Waals surface area contributed by atoms with E-state index in [0.29, 0.717) is 33.9 Å². The lowest BCUT2D eigenvalue weighted by Gasteiger charge is -2.19. The Labute approximate surface area is 196 Å². The Kier molecular flexibility index (Phi) is 7.83. The summed E-state index contributed by atoms with van der Waals surface area (Å²) in [6.07, 6.45) is -0.458. The van der Waals surface area contributed by atoms with Crippen LogP contribution < -0.4 is 14.8 Å². The van der Waals surface area contributed by atoms with Crippen LogP contribution in [-0.2, 0) is 17.8 Å². The van der Waals surface area contributed by atoms with Crippen molar-refractivity contribution in [2.24, 2.45) is 0 Å². The summed E-state index contributed by atoms with van der Waals surface area (Å²) in [6.45, 7) is 1.58. The number of rotatable bonds is 10. The van der Waals surface area contributed by atoms with Gasteiger partial charge in [0, 0.05) is 24.1 Å². The fourth-order valence-electron chi connectivity index (χ4n) is 3.35. The molecular weight excluding hydrogens is 444 g/mol. The van der Waals surface area contributed by atoms with Crippen LogP contribution in [0.4, 0.5) is 8.78 Å². The number of hydrogen-bond donors (Lipinski definition) is 2. The van der Waals surface area contributed by atoms with E-state index in [1.165, 1.54) is 38.3 Å². The average Bonchev–Trinajstić information content (AvgIpc) is 2.84. The largest absolute Gasteiger partial charge is 0.496 e. The second-order valence-electron chi connectivity index (χ2n) is 7.71. The first kappa shape index (κ1) is 24.7. The first-order chi connectivity index (χ1) is 16.2. The lowest BCUT2D eigenvalue weighted by atomic mass is 9.93. The Balaban J connectivity index is 1.66. The van der Waals surface area contributed by atoms with Gasteiger partial charge in [-0.05, 0) is 66.6 Å². The summed E-state index contributed by atoms with van der Waals surface area (Å²) < 4.78 is 38.6. The Morgan fingerprint density at radius 2 is 1.62 bits per heavy atom. The van der Waals surface area contributed by atoms with E-state index in [2.05, 4.69) is 5.32 Å². The molecule has 0 unspecified atom stereocenters. The van der Waals surface area contributed by atoms with Crippen molar-refractivity contribution in [1.29, 1.82) is 0 Å². The van der Waals surface area contributed by atoms with Crippen molar-refractivity contribution in [1.82, 2.24) is 5.32 Å². The SMILES string of the molecule is CC[C@@](F)(Cc1ccc(OC)c(CNC(=O)c2ccc(Oc3ccc(F)cc3)cc2)c1)C(=O)O. The van der Waals surface area contributed by atoms with Gasteiger partial charge in [0.05, 0.1) is 7.11 Å². The number of carbonyl (C=O) groups excluding carboxylic acids is 1. The van der Waals surface area contributed by atoms with Gasteiger partial charge in [-0.25, -0.2) is 13.6 Å². The van der Waals surface area contributed by atoms with Crippen LogP contribution >= 0.6 is 0 Å². The number of nitrogens with one attached hydrogen (secondary N) is 1. The fraction of sp³-hybridized carbons (Fsp3) is 0.231. The standard InChI is InChI=1S/C26H25F2NO5/c1-3-26(28,25(31)32)15-17-4-13-23(33-2)19(14-17)16-29-24(30)18-5-9-21(10-6-18)34-22-11-7-20(27)8-12-22/h4-14H,3,15-16H2,1-2H3,(H,29,30)(H,31,32)/t26-/m1/s1. The molecule has 0 aliphatic carbocycles. The van der Waals surface area contributed by atoms with Crippen LogP contribution in [0.5, 0.6) is 17.2 Å². The van der Waals surface area contributed by atoms with E-state index in [4.69, 9.17) is 9.47 Å². The van der Waals surface area contributed by atoms with Crippen LogP contribution in [-0.4, -0.2) is 29.8 Å². The number of carboxylic acid groups (broad SMARTS) is 1. The Hall–Kier alpha value is -3.94. The van der Waals surface area contributed by atoms with E-state index in [0.717, 1.165) is 0 Å². The van der Waals surface area contributed by atoms with Crippen molar-refractivity contribution in [2.75, 3.05) is 7.11 Å². The molecule has 6 nitrogen and oxygen atoms in total. The first-order valence-electron chi connectivity index (χ1n) is 10.6. The van der Waals surface area contributed by atoms with E-state index in [-0.39, 0.29) is 31.1 Å². The minimum atomic E-state index is -2.37. The summed E-state index contributed by atoms with van der Waals surface area (Å²) in [5.41, 5.74) is -0.902. The van der Waals surface area contributed by atoms with Crippen molar-refractivity contribution >= 4 is 11.9 Å². The number of halogens is 2. The molecule has 178 valence electrons. The Bertz CT molecular complexity index is 1150. The number of hydrogen-bond acceptors (Lipinski definition) is 4. The molecule has 3 aromatic carbocycles. The summed E-state index contributed by atoms with van der Waals surface area (Å²) >= 11 is 0. The second-order valence-corrected chi connectivity index (χ2v) is 7.71. The highest BCUT2D eigenvalue weighted by molar-refractivity contribution is 5.94. The zero-order chi connectivity index (χ0) is 24.7.